The molecule has 1 unspecified atom stereocenters. The Morgan fingerprint density at radius 1 is 1.50 bits per heavy atom. The van der Waals surface area contributed by atoms with Crippen molar-refractivity contribution in [1.82, 2.24) is 15.3 Å². The van der Waals surface area contributed by atoms with Gasteiger partial charge in [0.25, 0.3) is 0 Å². The Kier molecular flexibility index (Phi) is 2.95. The maximum Gasteiger partial charge on any atom is 0.223 e. The molecule has 0 saturated carbocycles. The van der Waals surface area contributed by atoms with Crippen molar-refractivity contribution in [2.45, 2.75) is 37.9 Å². The van der Waals surface area contributed by atoms with Gasteiger partial charge in [-0.1, -0.05) is 0 Å². The molecule has 0 aromatic carbocycles. The fraction of sp³-hybridized carbons (Fsp3) is 0.615. The minimum Gasteiger partial charge on any atom is -0.381 e. The number of nitrogens with one attached hydrogen (secondary N) is 2. The summed E-state index contributed by atoms with van der Waals surface area (Å²) in [6, 6.07) is 0.412. The number of rotatable bonds is 2. The molecule has 3 heterocycles. The van der Waals surface area contributed by atoms with E-state index in [2.05, 4.69) is 20.6 Å². The summed E-state index contributed by atoms with van der Waals surface area (Å²) in [7, 11) is 0. The van der Waals surface area contributed by atoms with Gasteiger partial charge in [0.05, 0.1) is 5.69 Å². The average molecular weight is 246 g/mol. The third-order valence-corrected chi connectivity index (χ3v) is 3.60. The zero-order chi connectivity index (χ0) is 12.6. The van der Waals surface area contributed by atoms with Crippen molar-refractivity contribution in [3.8, 4) is 0 Å². The van der Waals surface area contributed by atoms with Crippen LogP contribution in [0.3, 0.4) is 0 Å². The van der Waals surface area contributed by atoms with Crippen molar-refractivity contribution in [3.63, 3.8) is 0 Å². The van der Waals surface area contributed by atoms with Gasteiger partial charge in [0.2, 0.25) is 5.95 Å². The SMILES string of the molecule is [CH]C1(C)NCc2nc(NC3CCOCC3)ncc21. The van der Waals surface area contributed by atoms with Crippen LogP contribution in [0.25, 0.3) is 0 Å². The van der Waals surface area contributed by atoms with Gasteiger partial charge in [-0.3, -0.25) is 0 Å². The van der Waals surface area contributed by atoms with E-state index >= 15 is 0 Å². The highest BCUT2D eigenvalue weighted by molar-refractivity contribution is 5.37. The molecule has 2 aliphatic rings. The van der Waals surface area contributed by atoms with Crippen LogP contribution in [0.2, 0.25) is 0 Å². The van der Waals surface area contributed by atoms with Gasteiger partial charge in [0.1, 0.15) is 0 Å². The first-order chi connectivity index (χ1) is 8.65. The summed E-state index contributed by atoms with van der Waals surface area (Å²) in [5.41, 5.74) is 1.47. The smallest absolute Gasteiger partial charge is 0.223 e. The number of hydrogen-bond donors (Lipinski definition) is 2. The number of nitrogens with zero attached hydrogens (tertiary/aromatic N) is 2. The monoisotopic (exact) mass is 246 g/mol. The van der Waals surface area contributed by atoms with E-state index in [0.29, 0.717) is 18.5 Å². The Balaban J connectivity index is 1.75. The number of fused-ring (bicyclic) bond motifs is 1. The molecule has 0 aliphatic carbocycles. The molecule has 96 valence electrons. The summed E-state index contributed by atoms with van der Waals surface area (Å²) >= 11 is 0. The molecule has 1 fully saturated rings. The van der Waals surface area contributed by atoms with Crippen molar-refractivity contribution in [3.05, 3.63) is 24.4 Å². The number of aromatic nitrogens is 2. The second-order valence-corrected chi connectivity index (χ2v) is 5.14. The van der Waals surface area contributed by atoms with Gasteiger partial charge in [0.15, 0.2) is 0 Å². The fourth-order valence-electron chi connectivity index (χ4n) is 2.44. The van der Waals surface area contributed by atoms with Crippen molar-refractivity contribution >= 4 is 5.95 Å². The van der Waals surface area contributed by atoms with Crippen LogP contribution >= 0.6 is 0 Å². The molecular formula is C13H18N4O. The highest BCUT2D eigenvalue weighted by Crippen LogP contribution is 2.28. The van der Waals surface area contributed by atoms with Crippen molar-refractivity contribution in [1.29, 1.82) is 0 Å². The van der Waals surface area contributed by atoms with Gasteiger partial charge in [-0.25, -0.2) is 9.97 Å². The lowest BCUT2D eigenvalue weighted by atomic mass is 9.99. The van der Waals surface area contributed by atoms with Gasteiger partial charge < -0.3 is 15.4 Å². The zero-order valence-corrected chi connectivity index (χ0v) is 10.6. The molecule has 0 bridgehead atoms. The standard InChI is InChI=1S/C13H18N4O/c1-13(2)10-7-14-12(17-11(10)8-15-13)16-9-3-5-18-6-4-9/h1,7,9,15H,3-6,8H2,2H3,(H,14,16,17). The van der Waals surface area contributed by atoms with E-state index in [1.807, 2.05) is 13.1 Å². The fourth-order valence-corrected chi connectivity index (χ4v) is 2.44. The van der Waals surface area contributed by atoms with Crippen LogP contribution in [0.1, 0.15) is 31.0 Å². The van der Waals surface area contributed by atoms with E-state index < -0.39 is 5.54 Å². The van der Waals surface area contributed by atoms with Crippen LogP contribution in [0.4, 0.5) is 5.95 Å². The lowest BCUT2D eigenvalue weighted by Gasteiger charge is -2.23. The van der Waals surface area contributed by atoms with E-state index in [4.69, 9.17) is 11.7 Å². The molecule has 1 atom stereocenters. The van der Waals surface area contributed by atoms with Crippen LogP contribution in [0.15, 0.2) is 6.20 Å². The number of hydrogen-bond acceptors (Lipinski definition) is 5. The van der Waals surface area contributed by atoms with Gasteiger partial charge in [-0.15, -0.1) is 0 Å². The third kappa shape index (κ3) is 2.20. The lowest BCUT2D eigenvalue weighted by molar-refractivity contribution is 0.0903. The number of ether oxygens (including phenoxy) is 1. The van der Waals surface area contributed by atoms with Gasteiger partial charge in [-0.2, -0.15) is 0 Å². The predicted molar refractivity (Wildman–Crippen MR) is 68.0 cm³/mol. The van der Waals surface area contributed by atoms with Crippen molar-refractivity contribution < 1.29 is 4.74 Å². The molecule has 1 saturated heterocycles. The second-order valence-electron chi connectivity index (χ2n) is 5.14. The minimum absolute atomic E-state index is 0.412. The molecule has 1 aromatic heterocycles. The minimum atomic E-state index is -0.507. The van der Waals surface area contributed by atoms with Crippen LogP contribution in [0.5, 0.6) is 0 Å². The van der Waals surface area contributed by atoms with Crippen LogP contribution in [0, 0.1) is 6.92 Å². The Hall–Kier alpha value is -1.20. The first kappa shape index (κ1) is 11.9. The number of anilines is 1. The summed E-state index contributed by atoms with van der Waals surface area (Å²) < 4.78 is 5.33. The molecule has 2 aliphatic heterocycles. The Bertz CT molecular complexity index is 441. The molecule has 5 nitrogen and oxygen atoms in total. The van der Waals surface area contributed by atoms with Crippen molar-refractivity contribution in [2.75, 3.05) is 18.5 Å². The van der Waals surface area contributed by atoms with Crippen molar-refractivity contribution in [2.24, 2.45) is 0 Å². The van der Waals surface area contributed by atoms with Gasteiger partial charge >= 0.3 is 0 Å². The van der Waals surface area contributed by atoms with E-state index in [-0.39, 0.29) is 0 Å². The molecule has 0 amide bonds. The van der Waals surface area contributed by atoms with Crippen LogP contribution in [-0.4, -0.2) is 29.2 Å². The second kappa shape index (κ2) is 4.48. The largest absolute Gasteiger partial charge is 0.381 e. The summed E-state index contributed by atoms with van der Waals surface area (Å²) in [6.45, 7) is 10.4. The Morgan fingerprint density at radius 2 is 2.28 bits per heavy atom. The molecule has 1 aromatic rings. The first-order valence-corrected chi connectivity index (χ1v) is 6.40. The summed E-state index contributed by atoms with van der Waals surface area (Å²) in [5, 5.41) is 6.59. The quantitative estimate of drug-likeness (QED) is 0.818. The van der Waals surface area contributed by atoms with E-state index in [0.717, 1.165) is 37.3 Å². The summed E-state index contributed by atoms with van der Waals surface area (Å²) in [6.07, 6.45) is 3.84. The third-order valence-electron chi connectivity index (χ3n) is 3.60. The van der Waals surface area contributed by atoms with Gasteiger partial charge in [0, 0.05) is 43.1 Å². The average Bonchev–Trinajstić information content (AvgIpc) is 2.66. The van der Waals surface area contributed by atoms with Crippen LogP contribution < -0.4 is 10.6 Å². The first-order valence-electron chi connectivity index (χ1n) is 6.40. The lowest BCUT2D eigenvalue weighted by Crippen LogP contribution is -2.29. The Morgan fingerprint density at radius 3 is 3.06 bits per heavy atom. The predicted octanol–water partition coefficient (Wildman–Crippen LogP) is 1.10. The van der Waals surface area contributed by atoms with Gasteiger partial charge in [-0.05, 0) is 26.7 Å². The zero-order valence-electron chi connectivity index (χ0n) is 10.6. The molecule has 3 rings (SSSR count). The van der Waals surface area contributed by atoms with Crippen LogP contribution in [-0.2, 0) is 16.8 Å². The maximum absolute atomic E-state index is 6.10. The maximum atomic E-state index is 6.10. The topological polar surface area (TPSA) is 59.1 Å². The molecule has 0 spiro atoms. The van der Waals surface area contributed by atoms with E-state index in [1.165, 1.54) is 0 Å². The summed E-state index contributed by atoms with van der Waals surface area (Å²) in [4.78, 5) is 8.89. The highest BCUT2D eigenvalue weighted by Gasteiger charge is 2.31. The Labute approximate surface area is 107 Å². The molecule has 5 heteroatoms. The highest BCUT2D eigenvalue weighted by atomic mass is 16.5. The van der Waals surface area contributed by atoms with E-state index in [9.17, 15) is 0 Å². The molecule has 18 heavy (non-hydrogen) atoms. The molecule has 2 N–H and O–H groups in total. The summed E-state index contributed by atoms with van der Waals surface area (Å²) in [5.74, 6) is 0.695. The molecular weight excluding hydrogens is 228 g/mol. The molecule has 2 radical (unpaired) electrons. The van der Waals surface area contributed by atoms with E-state index in [1.54, 1.807) is 0 Å². The normalized spacial score (nSPS) is 22.8.